The minimum atomic E-state index is 0.150. The van der Waals surface area contributed by atoms with Crippen LogP contribution >= 0.6 is 0 Å². The van der Waals surface area contributed by atoms with Crippen LogP contribution < -0.4 is 0 Å². The molecular weight excluding hydrogens is 170 g/mol. The molecule has 0 aromatic rings. The number of hydrogen-bond donors (Lipinski definition) is 0. The average Bonchev–Trinajstić information content (AvgIpc) is 1.99. The van der Waals surface area contributed by atoms with Crippen LogP contribution in [0.5, 0.6) is 0 Å². The fourth-order valence-electron chi connectivity index (χ4n) is 1.36. The van der Waals surface area contributed by atoms with Gasteiger partial charge in [0, 0.05) is 5.54 Å². The van der Waals surface area contributed by atoms with Crippen molar-refractivity contribution in [1.82, 2.24) is 4.90 Å². The van der Waals surface area contributed by atoms with Gasteiger partial charge in [-0.25, -0.2) is 0 Å². The summed E-state index contributed by atoms with van der Waals surface area (Å²) in [5.74, 6) is 0. The van der Waals surface area contributed by atoms with Crippen molar-refractivity contribution >= 4 is 0 Å². The summed E-state index contributed by atoms with van der Waals surface area (Å²) in [6.45, 7) is 15.9. The molecule has 0 atom stereocenters. The molecule has 0 saturated heterocycles. The van der Waals surface area contributed by atoms with Crippen molar-refractivity contribution in [3.8, 4) is 0 Å². The lowest BCUT2D eigenvalue weighted by molar-refractivity contribution is 0.232. The van der Waals surface area contributed by atoms with Gasteiger partial charge in [-0.2, -0.15) is 0 Å². The number of rotatable bonds is 2. The van der Waals surface area contributed by atoms with Gasteiger partial charge in [0.05, 0.1) is 0 Å². The lowest BCUT2D eigenvalue weighted by Gasteiger charge is -2.37. The van der Waals surface area contributed by atoms with Crippen molar-refractivity contribution in [2.75, 3.05) is 14.1 Å². The summed E-state index contributed by atoms with van der Waals surface area (Å²) in [4.78, 5) is 2.28. The number of allylic oxidation sites excluding steroid dienone is 1. The van der Waals surface area contributed by atoms with Crippen molar-refractivity contribution in [2.24, 2.45) is 5.41 Å². The van der Waals surface area contributed by atoms with Gasteiger partial charge in [0.2, 0.25) is 0 Å². The number of likely N-dealkylation sites (N-methyl/N-ethyl adjacent to an activating group) is 1. The van der Waals surface area contributed by atoms with Crippen LogP contribution in [-0.2, 0) is 0 Å². The Bertz CT molecular complexity index is 226. The Kier molecular flexibility index (Phi) is 3.97. The van der Waals surface area contributed by atoms with E-state index in [1.807, 2.05) is 0 Å². The van der Waals surface area contributed by atoms with Crippen LogP contribution in [0.1, 0.15) is 48.5 Å². The molecule has 1 heteroatoms. The van der Waals surface area contributed by atoms with Crippen LogP contribution in [0.3, 0.4) is 0 Å². The Labute approximate surface area is 90.2 Å². The lowest BCUT2D eigenvalue weighted by atomic mass is 9.79. The molecule has 0 N–H and O–H groups in total. The SMILES string of the molecule is C/C(=C(\C)C(C)(C)N(C)C)C(C)(C)C. The molecule has 14 heavy (non-hydrogen) atoms. The highest BCUT2D eigenvalue weighted by Gasteiger charge is 2.27. The third-order valence-corrected chi connectivity index (χ3v) is 3.72. The highest BCUT2D eigenvalue weighted by atomic mass is 15.1. The third-order valence-electron chi connectivity index (χ3n) is 3.72. The van der Waals surface area contributed by atoms with Crippen molar-refractivity contribution in [3.05, 3.63) is 11.1 Å². The van der Waals surface area contributed by atoms with E-state index in [1.54, 1.807) is 0 Å². The minimum Gasteiger partial charge on any atom is -0.301 e. The minimum absolute atomic E-state index is 0.150. The number of hydrogen-bond acceptors (Lipinski definition) is 1. The molecule has 0 unspecified atom stereocenters. The van der Waals surface area contributed by atoms with Crippen molar-refractivity contribution in [1.29, 1.82) is 0 Å². The summed E-state index contributed by atoms with van der Waals surface area (Å²) in [6, 6.07) is 0. The van der Waals surface area contributed by atoms with E-state index in [9.17, 15) is 0 Å². The van der Waals surface area contributed by atoms with E-state index in [4.69, 9.17) is 0 Å². The summed E-state index contributed by atoms with van der Waals surface area (Å²) in [5.41, 5.74) is 3.40. The van der Waals surface area contributed by atoms with Crippen molar-refractivity contribution in [3.63, 3.8) is 0 Å². The molecule has 0 aliphatic carbocycles. The maximum atomic E-state index is 2.28. The van der Waals surface area contributed by atoms with E-state index >= 15 is 0 Å². The summed E-state index contributed by atoms with van der Waals surface area (Å²) < 4.78 is 0. The topological polar surface area (TPSA) is 3.24 Å². The van der Waals surface area contributed by atoms with Crippen LogP contribution in [0.25, 0.3) is 0 Å². The number of nitrogens with zero attached hydrogens (tertiary/aromatic N) is 1. The van der Waals surface area contributed by atoms with E-state index in [0.717, 1.165) is 0 Å². The predicted molar refractivity (Wildman–Crippen MR) is 65.6 cm³/mol. The molecule has 0 rings (SSSR count). The summed E-state index contributed by atoms with van der Waals surface area (Å²) >= 11 is 0. The van der Waals surface area contributed by atoms with Crippen LogP contribution in [0, 0.1) is 5.41 Å². The molecule has 0 aliphatic rings. The molecule has 0 spiro atoms. The van der Waals surface area contributed by atoms with E-state index in [1.165, 1.54) is 11.1 Å². The monoisotopic (exact) mass is 197 g/mol. The van der Waals surface area contributed by atoms with Gasteiger partial charge in [-0.3, -0.25) is 0 Å². The van der Waals surface area contributed by atoms with Gasteiger partial charge in [0.15, 0.2) is 0 Å². The summed E-state index contributed by atoms with van der Waals surface area (Å²) in [7, 11) is 4.28. The predicted octanol–water partition coefficient (Wildman–Crippen LogP) is 3.71. The average molecular weight is 197 g/mol. The molecule has 0 saturated carbocycles. The van der Waals surface area contributed by atoms with Crippen LogP contribution in [0.4, 0.5) is 0 Å². The first kappa shape index (κ1) is 13.7. The first-order valence-electron chi connectivity index (χ1n) is 5.37. The Morgan fingerprint density at radius 3 is 1.36 bits per heavy atom. The quantitative estimate of drug-likeness (QED) is 0.610. The fourth-order valence-corrected chi connectivity index (χ4v) is 1.36. The van der Waals surface area contributed by atoms with Crippen LogP contribution in [-0.4, -0.2) is 24.5 Å². The molecular formula is C13H27N. The largest absolute Gasteiger partial charge is 0.301 e. The standard InChI is InChI=1S/C13H27N/c1-10(12(3,4)5)11(2)13(6,7)14(8)9/h1-9H3/b11-10-. The molecule has 0 radical (unpaired) electrons. The van der Waals surface area contributed by atoms with E-state index in [2.05, 4.69) is 67.5 Å². The Morgan fingerprint density at radius 2 is 1.14 bits per heavy atom. The zero-order valence-corrected chi connectivity index (χ0v) is 11.4. The molecule has 0 bridgehead atoms. The second-order valence-electron chi connectivity index (χ2n) is 5.95. The molecule has 0 heterocycles. The van der Waals surface area contributed by atoms with E-state index < -0.39 is 0 Å². The first-order valence-corrected chi connectivity index (χ1v) is 5.37. The zero-order chi connectivity index (χ0) is 11.7. The highest BCUT2D eigenvalue weighted by Crippen LogP contribution is 2.33. The van der Waals surface area contributed by atoms with E-state index in [0.29, 0.717) is 0 Å². The van der Waals surface area contributed by atoms with Gasteiger partial charge < -0.3 is 4.90 Å². The zero-order valence-electron chi connectivity index (χ0n) is 11.4. The van der Waals surface area contributed by atoms with E-state index in [-0.39, 0.29) is 11.0 Å². The second-order valence-corrected chi connectivity index (χ2v) is 5.95. The van der Waals surface area contributed by atoms with Gasteiger partial charge in [-0.15, -0.1) is 0 Å². The molecule has 0 amide bonds. The van der Waals surface area contributed by atoms with Crippen molar-refractivity contribution < 1.29 is 0 Å². The van der Waals surface area contributed by atoms with Crippen molar-refractivity contribution in [2.45, 2.75) is 54.0 Å². The fraction of sp³-hybridized carbons (Fsp3) is 0.846. The Morgan fingerprint density at radius 1 is 0.786 bits per heavy atom. The molecule has 0 aromatic heterocycles. The lowest BCUT2D eigenvalue weighted by Crippen LogP contribution is -2.40. The Hall–Kier alpha value is -0.300. The maximum absolute atomic E-state index is 2.28. The second kappa shape index (κ2) is 4.06. The Balaban J connectivity index is 5.21. The molecule has 0 aromatic carbocycles. The van der Waals surface area contributed by atoms with Gasteiger partial charge in [0.25, 0.3) is 0 Å². The normalized spacial score (nSPS) is 15.9. The van der Waals surface area contributed by atoms with Gasteiger partial charge in [-0.1, -0.05) is 31.9 Å². The van der Waals surface area contributed by atoms with Crippen LogP contribution in [0.15, 0.2) is 11.1 Å². The smallest absolute Gasteiger partial charge is 0.0358 e. The van der Waals surface area contributed by atoms with Gasteiger partial charge >= 0.3 is 0 Å². The third kappa shape index (κ3) is 2.84. The molecule has 0 aliphatic heterocycles. The molecule has 84 valence electrons. The van der Waals surface area contributed by atoms with Gasteiger partial charge in [-0.05, 0) is 47.2 Å². The highest BCUT2D eigenvalue weighted by molar-refractivity contribution is 5.25. The molecule has 0 fully saturated rings. The van der Waals surface area contributed by atoms with Crippen LogP contribution in [0.2, 0.25) is 0 Å². The van der Waals surface area contributed by atoms with Gasteiger partial charge in [0.1, 0.15) is 0 Å². The first-order chi connectivity index (χ1) is 6.01. The summed E-state index contributed by atoms with van der Waals surface area (Å²) in [5, 5.41) is 0. The summed E-state index contributed by atoms with van der Waals surface area (Å²) in [6.07, 6.45) is 0. The molecule has 1 nitrogen and oxygen atoms in total. The maximum Gasteiger partial charge on any atom is 0.0358 e.